The number of unbranched alkanes of at least 4 members (excludes halogenated alkanes) is 1. The molecule has 4 heteroatoms. The van der Waals surface area contributed by atoms with Gasteiger partial charge >= 0.3 is 0 Å². The maximum atomic E-state index is 6.06. The zero-order valence-electron chi connectivity index (χ0n) is 13.6. The van der Waals surface area contributed by atoms with Gasteiger partial charge in [0.2, 0.25) is 0 Å². The van der Waals surface area contributed by atoms with Gasteiger partial charge in [0.15, 0.2) is 0 Å². The number of rotatable bonds is 7. The number of hydrogen-bond acceptors (Lipinski definition) is 2. The summed E-state index contributed by atoms with van der Waals surface area (Å²) in [6.07, 6.45) is 2.35. The van der Waals surface area contributed by atoms with Gasteiger partial charge in [-0.05, 0) is 64.9 Å². The average Bonchev–Trinajstić information content (AvgIpc) is 2.80. The topological polar surface area (TPSA) is 21.1 Å². The Morgan fingerprint density at radius 1 is 1.29 bits per heavy atom. The number of aryl methyl sites for hydroxylation is 2. The van der Waals surface area contributed by atoms with Crippen molar-refractivity contribution in [2.75, 3.05) is 13.6 Å². The molecule has 0 fully saturated rings. The molecule has 1 aromatic heterocycles. The third kappa shape index (κ3) is 3.98. The molecule has 21 heavy (non-hydrogen) atoms. The van der Waals surface area contributed by atoms with E-state index in [0.717, 1.165) is 30.9 Å². The van der Waals surface area contributed by atoms with Gasteiger partial charge in [0.1, 0.15) is 5.82 Å². The van der Waals surface area contributed by atoms with Gasteiger partial charge in [-0.3, -0.25) is 0 Å². The van der Waals surface area contributed by atoms with Gasteiger partial charge in [0, 0.05) is 12.6 Å². The third-order valence-corrected chi connectivity index (χ3v) is 4.37. The molecule has 0 N–H and O–H groups in total. The van der Waals surface area contributed by atoms with Crippen LogP contribution in [0, 0.1) is 6.92 Å². The molecule has 0 amide bonds. The number of hydrogen-bond donors (Lipinski definition) is 0. The highest BCUT2D eigenvalue weighted by Gasteiger charge is 2.10. The van der Waals surface area contributed by atoms with Crippen molar-refractivity contribution in [2.45, 2.75) is 52.1 Å². The van der Waals surface area contributed by atoms with Crippen molar-refractivity contribution < 1.29 is 0 Å². The van der Waals surface area contributed by atoms with Crippen LogP contribution in [0.4, 0.5) is 0 Å². The minimum atomic E-state index is 0.472. The lowest BCUT2D eigenvalue weighted by molar-refractivity contribution is 0.266. The van der Waals surface area contributed by atoms with Gasteiger partial charge in [0.25, 0.3) is 0 Å². The highest BCUT2D eigenvalue weighted by Crippen LogP contribution is 2.19. The van der Waals surface area contributed by atoms with Crippen molar-refractivity contribution in [1.29, 1.82) is 0 Å². The minimum absolute atomic E-state index is 0.472. The highest BCUT2D eigenvalue weighted by molar-refractivity contribution is 6.16. The molecular formula is C17H26ClN3. The summed E-state index contributed by atoms with van der Waals surface area (Å²) in [6.45, 7) is 8.70. The fraction of sp³-hybridized carbons (Fsp3) is 0.588. The Balaban J connectivity index is 2.04. The SMILES string of the molecule is Cc1ccc2c(c1)nc(CCl)n2CCCCN(C)C(C)C. The third-order valence-electron chi connectivity index (χ3n) is 4.13. The highest BCUT2D eigenvalue weighted by atomic mass is 35.5. The maximum absolute atomic E-state index is 6.06. The van der Waals surface area contributed by atoms with E-state index in [0.29, 0.717) is 11.9 Å². The minimum Gasteiger partial charge on any atom is -0.327 e. The number of nitrogens with zero attached hydrogens (tertiary/aromatic N) is 3. The predicted molar refractivity (Wildman–Crippen MR) is 91.0 cm³/mol. The molecule has 3 nitrogen and oxygen atoms in total. The number of alkyl halides is 1. The van der Waals surface area contributed by atoms with E-state index in [1.165, 1.54) is 17.5 Å². The standard InChI is InChI=1S/C17H26ClN3/c1-13(2)20(4)9-5-6-10-21-16-8-7-14(3)11-15(16)19-17(21)12-18/h7-8,11,13H,5-6,9-10,12H2,1-4H3. The first-order valence-corrected chi connectivity index (χ1v) is 8.28. The van der Waals surface area contributed by atoms with E-state index in [9.17, 15) is 0 Å². The van der Waals surface area contributed by atoms with Crippen LogP contribution < -0.4 is 0 Å². The van der Waals surface area contributed by atoms with E-state index in [1.807, 2.05) is 0 Å². The Labute approximate surface area is 132 Å². The van der Waals surface area contributed by atoms with Crippen LogP contribution in [0.3, 0.4) is 0 Å². The first-order valence-electron chi connectivity index (χ1n) is 7.75. The molecule has 1 heterocycles. The molecule has 2 aromatic rings. The van der Waals surface area contributed by atoms with E-state index in [-0.39, 0.29) is 0 Å². The number of fused-ring (bicyclic) bond motifs is 1. The van der Waals surface area contributed by atoms with Gasteiger partial charge in [-0.15, -0.1) is 11.6 Å². The number of benzene rings is 1. The normalized spacial score (nSPS) is 12.0. The predicted octanol–water partition coefficient (Wildman–Crippen LogP) is 4.20. The smallest absolute Gasteiger partial charge is 0.124 e. The summed E-state index contributed by atoms with van der Waals surface area (Å²) in [5, 5.41) is 0. The molecule has 0 bridgehead atoms. The quantitative estimate of drug-likeness (QED) is 0.564. The lowest BCUT2D eigenvalue weighted by atomic mass is 10.2. The molecule has 0 unspecified atom stereocenters. The Morgan fingerprint density at radius 2 is 2.05 bits per heavy atom. The van der Waals surface area contributed by atoms with Crippen LogP contribution in [0.2, 0.25) is 0 Å². The first kappa shape index (κ1) is 16.3. The zero-order valence-corrected chi connectivity index (χ0v) is 14.3. The molecule has 2 rings (SSSR count). The largest absolute Gasteiger partial charge is 0.327 e. The number of imidazole rings is 1. The van der Waals surface area contributed by atoms with Crippen molar-refractivity contribution >= 4 is 22.6 Å². The molecule has 0 spiro atoms. The van der Waals surface area contributed by atoms with Gasteiger partial charge in [-0.2, -0.15) is 0 Å². The zero-order chi connectivity index (χ0) is 15.4. The van der Waals surface area contributed by atoms with Crippen LogP contribution in [-0.2, 0) is 12.4 Å². The van der Waals surface area contributed by atoms with Crippen molar-refractivity contribution in [2.24, 2.45) is 0 Å². The van der Waals surface area contributed by atoms with Crippen molar-refractivity contribution in [3.63, 3.8) is 0 Å². The molecule has 0 radical (unpaired) electrons. The van der Waals surface area contributed by atoms with E-state index in [1.54, 1.807) is 0 Å². The lowest BCUT2D eigenvalue weighted by Crippen LogP contribution is -2.27. The molecule has 0 aliphatic heterocycles. The van der Waals surface area contributed by atoms with Crippen LogP contribution in [0.25, 0.3) is 11.0 Å². The monoisotopic (exact) mass is 307 g/mol. The van der Waals surface area contributed by atoms with Crippen molar-refractivity contribution in [3.8, 4) is 0 Å². The van der Waals surface area contributed by atoms with Gasteiger partial charge < -0.3 is 9.47 Å². The van der Waals surface area contributed by atoms with Gasteiger partial charge in [0.05, 0.1) is 16.9 Å². The Bertz CT molecular complexity index is 589. The molecule has 0 saturated carbocycles. The number of aromatic nitrogens is 2. The van der Waals surface area contributed by atoms with E-state index in [4.69, 9.17) is 11.6 Å². The van der Waals surface area contributed by atoms with Crippen molar-refractivity contribution in [3.05, 3.63) is 29.6 Å². The van der Waals surface area contributed by atoms with Crippen molar-refractivity contribution in [1.82, 2.24) is 14.5 Å². The summed E-state index contributed by atoms with van der Waals surface area (Å²) < 4.78 is 2.27. The van der Waals surface area contributed by atoms with Gasteiger partial charge in [-0.25, -0.2) is 4.98 Å². The summed E-state index contributed by atoms with van der Waals surface area (Å²) in [4.78, 5) is 7.04. The van der Waals surface area contributed by atoms with E-state index >= 15 is 0 Å². The molecule has 0 aliphatic rings. The molecule has 116 valence electrons. The maximum Gasteiger partial charge on any atom is 0.124 e. The van der Waals surface area contributed by atoms with Crippen LogP contribution in [-0.4, -0.2) is 34.1 Å². The average molecular weight is 308 g/mol. The second-order valence-electron chi connectivity index (χ2n) is 6.09. The van der Waals surface area contributed by atoms with Crippen LogP contribution in [0.1, 0.15) is 38.1 Å². The second kappa shape index (κ2) is 7.28. The lowest BCUT2D eigenvalue weighted by Gasteiger charge is -2.20. The Hall–Kier alpha value is -1.06. The van der Waals surface area contributed by atoms with E-state index < -0.39 is 0 Å². The summed E-state index contributed by atoms with van der Waals surface area (Å²) in [5.74, 6) is 1.45. The first-order chi connectivity index (χ1) is 10.0. The fourth-order valence-corrected chi connectivity index (χ4v) is 2.73. The molecular weight excluding hydrogens is 282 g/mol. The molecule has 1 aromatic carbocycles. The Morgan fingerprint density at radius 3 is 2.71 bits per heavy atom. The molecule has 0 aliphatic carbocycles. The van der Waals surface area contributed by atoms with Gasteiger partial charge in [-0.1, -0.05) is 6.07 Å². The Kier molecular flexibility index (Phi) is 5.65. The summed E-state index contributed by atoms with van der Waals surface area (Å²) in [7, 11) is 2.18. The van der Waals surface area contributed by atoms with Crippen LogP contribution >= 0.6 is 11.6 Å². The molecule has 0 saturated heterocycles. The fourth-order valence-electron chi connectivity index (χ4n) is 2.53. The summed E-state index contributed by atoms with van der Waals surface area (Å²) >= 11 is 6.06. The van der Waals surface area contributed by atoms with Crippen LogP contribution in [0.5, 0.6) is 0 Å². The van der Waals surface area contributed by atoms with Crippen LogP contribution in [0.15, 0.2) is 18.2 Å². The molecule has 0 atom stereocenters. The van der Waals surface area contributed by atoms with E-state index in [2.05, 4.69) is 60.5 Å². The summed E-state index contributed by atoms with van der Waals surface area (Å²) in [6, 6.07) is 7.05. The second-order valence-corrected chi connectivity index (χ2v) is 6.35. The number of halogens is 1. The summed E-state index contributed by atoms with van der Waals surface area (Å²) in [5.41, 5.74) is 3.50.